The predicted molar refractivity (Wildman–Crippen MR) is 108 cm³/mol. The number of halogens is 2. The van der Waals surface area contributed by atoms with Gasteiger partial charge in [0.25, 0.3) is 0 Å². The van der Waals surface area contributed by atoms with Crippen LogP contribution in [0.2, 0.25) is 10.0 Å². The Morgan fingerprint density at radius 1 is 0.885 bits per heavy atom. The highest BCUT2D eigenvalue weighted by molar-refractivity contribution is 6.30. The van der Waals surface area contributed by atoms with Crippen molar-refractivity contribution >= 4 is 28.9 Å². The van der Waals surface area contributed by atoms with Crippen molar-refractivity contribution in [1.29, 1.82) is 0 Å². The summed E-state index contributed by atoms with van der Waals surface area (Å²) in [5.74, 6) is 0.727. The van der Waals surface area contributed by atoms with Gasteiger partial charge >= 0.3 is 0 Å². The summed E-state index contributed by atoms with van der Waals surface area (Å²) < 4.78 is 5.60. The summed E-state index contributed by atoms with van der Waals surface area (Å²) in [4.78, 5) is 4.75. The normalized spacial score (nSPS) is 16.5. The van der Waals surface area contributed by atoms with Crippen LogP contribution in [0.25, 0.3) is 0 Å². The van der Waals surface area contributed by atoms with Crippen LogP contribution in [0.3, 0.4) is 0 Å². The molecule has 1 unspecified atom stereocenters. The molecule has 1 saturated heterocycles. The summed E-state index contributed by atoms with van der Waals surface area (Å²) in [5.41, 5.74) is 1.21. The Labute approximate surface area is 164 Å². The zero-order chi connectivity index (χ0) is 18.4. The number of benzene rings is 2. The van der Waals surface area contributed by atoms with Crippen molar-refractivity contribution in [1.82, 2.24) is 4.90 Å². The molecule has 0 saturated carbocycles. The summed E-state index contributed by atoms with van der Waals surface area (Å²) in [6.07, 6.45) is 0.231. The van der Waals surface area contributed by atoms with E-state index in [1.165, 1.54) is 5.69 Å². The Morgan fingerprint density at radius 2 is 1.46 bits per heavy atom. The van der Waals surface area contributed by atoms with Gasteiger partial charge in [-0.15, -0.1) is 0 Å². The van der Waals surface area contributed by atoms with Gasteiger partial charge in [-0.2, -0.15) is 0 Å². The molecule has 140 valence electrons. The summed E-state index contributed by atoms with van der Waals surface area (Å²) >= 11 is 11.8. The first-order chi connectivity index (χ1) is 12.6. The first-order valence-corrected chi connectivity index (χ1v) is 9.65. The van der Waals surface area contributed by atoms with Crippen LogP contribution in [0.1, 0.15) is 6.42 Å². The molecule has 0 aliphatic carbocycles. The molecule has 1 atom stereocenters. The van der Waals surface area contributed by atoms with E-state index in [-0.39, 0.29) is 0 Å². The largest absolute Gasteiger partial charge is 0.491 e. The zero-order valence-corrected chi connectivity index (χ0v) is 16.2. The monoisotopic (exact) mass is 394 g/mol. The van der Waals surface area contributed by atoms with Crippen LogP contribution in [-0.2, 0) is 0 Å². The van der Waals surface area contributed by atoms with Gasteiger partial charge in [-0.3, -0.25) is 4.90 Å². The van der Waals surface area contributed by atoms with Gasteiger partial charge in [-0.25, -0.2) is 0 Å². The molecule has 6 heteroatoms. The second-order valence-electron chi connectivity index (χ2n) is 6.51. The fourth-order valence-corrected chi connectivity index (χ4v) is 3.27. The quantitative estimate of drug-likeness (QED) is 0.770. The van der Waals surface area contributed by atoms with E-state index in [1.54, 1.807) is 12.1 Å². The molecular formula is C20H24Cl2N2O2. The van der Waals surface area contributed by atoms with Crippen LogP contribution in [0, 0.1) is 0 Å². The number of aliphatic hydroxyl groups excluding tert-OH is 1. The van der Waals surface area contributed by atoms with Crippen LogP contribution in [-0.4, -0.2) is 55.4 Å². The van der Waals surface area contributed by atoms with Crippen molar-refractivity contribution in [3.63, 3.8) is 0 Å². The second-order valence-corrected chi connectivity index (χ2v) is 7.39. The Kier molecular flexibility index (Phi) is 7.03. The number of anilines is 1. The van der Waals surface area contributed by atoms with Gasteiger partial charge < -0.3 is 14.7 Å². The fraction of sp³-hybridized carbons (Fsp3) is 0.400. The molecule has 0 amide bonds. The predicted octanol–water partition coefficient (Wildman–Crippen LogP) is 3.95. The van der Waals surface area contributed by atoms with Crippen LogP contribution in [0.5, 0.6) is 5.75 Å². The average Bonchev–Trinajstić information content (AvgIpc) is 2.67. The van der Waals surface area contributed by atoms with Crippen molar-refractivity contribution in [2.75, 3.05) is 44.2 Å². The maximum absolute atomic E-state index is 10.2. The van der Waals surface area contributed by atoms with Crippen molar-refractivity contribution in [3.8, 4) is 5.75 Å². The van der Waals surface area contributed by atoms with Crippen LogP contribution in [0.4, 0.5) is 5.69 Å². The number of nitrogens with zero attached hydrogens (tertiary/aromatic N) is 2. The lowest BCUT2D eigenvalue weighted by Gasteiger charge is -2.36. The van der Waals surface area contributed by atoms with Gasteiger partial charge in [-0.1, -0.05) is 23.2 Å². The molecule has 0 bridgehead atoms. The molecule has 1 aliphatic rings. The molecular weight excluding hydrogens is 371 g/mol. The number of rotatable bonds is 7. The first-order valence-electron chi connectivity index (χ1n) is 8.89. The van der Waals surface area contributed by atoms with E-state index < -0.39 is 6.10 Å². The second kappa shape index (κ2) is 9.47. The number of aliphatic hydroxyl groups is 1. The van der Waals surface area contributed by atoms with E-state index in [1.807, 2.05) is 24.3 Å². The maximum Gasteiger partial charge on any atom is 0.119 e. The minimum absolute atomic E-state index is 0.298. The van der Waals surface area contributed by atoms with Crippen LogP contribution < -0.4 is 9.64 Å². The summed E-state index contributed by atoms with van der Waals surface area (Å²) in [7, 11) is 0. The molecule has 1 N–H and O–H groups in total. The van der Waals surface area contributed by atoms with Crippen LogP contribution >= 0.6 is 23.2 Å². The highest BCUT2D eigenvalue weighted by atomic mass is 35.5. The van der Waals surface area contributed by atoms with E-state index in [0.717, 1.165) is 43.5 Å². The Morgan fingerprint density at radius 3 is 2.08 bits per heavy atom. The Hall–Kier alpha value is -1.46. The Bertz CT molecular complexity index is 671. The third-order valence-electron chi connectivity index (χ3n) is 4.60. The standard InChI is InChI=1S/C20H24Cl2N2O2/c21-16-1-5-18(6-2-16)24-13-11-23(12-14-24)10-9-19(25)15-26-20-7-3-17(22)4-8-20/h1-8,19,25H,9-15H2. The van der Waals surface area contributed by atoms with Crippen molar-refractivity contribution < 1.29 is 9.84 Å². The van der Waals surface area contributed by atoms with Crippen molar-refractivity contribution in [2.24, 2.45) is 0 Å². The molecule has 26 heavy (non-hydrogen) atoms. The van der Waals surface area contributed by atoms with Gasteiger partial charge in [0, 0.05) is 48.5 Å². The third kappa shape index (κ3) is 5.78. The topological polar surface area (TPSA) is 35.9 Å². The first kappa shape index (κ1) is 19.3. The minimum Gasteiger partial charge on any atom is -0.491 e. The lowest BCUT2D eigenvalue weighted by Crippen LogP contribution is -2.47. The molecule has 1 aliphatic heterocycles. The van der Waals surface area contributed by atoms with E-state index in [4.69, 9.17) is 27.9 Å². The molecule has 0 aromatic heterocycles. The summed E-state index contributed by atoms with van der Waals surface area (Å²) in [6, 6.07) is 15.2. The number of hydrogen-bond donors (Lipinski definition) is 1. The average molecular weight is 395 g/mol. The summed E-state index contributed by atoms with van der Waals surface area (Å²) in [6.45, 7) is 5.13. The maximum atomic E-state index is 10.2. The lowest BCUT2D eigenvalue weighted by atomic mass is 10.2. The fourth-order valence-electron chi connectivity index (χ4n) is 3.02. The van der Waals surface area contributed by atoms with Gasteiger partial charge in [0.15, 0.2) is 0 Å². The van der Waals surface area contributed by atoms with Gasteiger partial charge in [0.2, 0.25) is 0 Å². The highest BCUT2D eigenvalue weighted by Crippen LogP contribution is 2.20. The Balaban J connectivity index is 1.35. The number of piperazine rings is 1. The number of ether oxygens (including phenoxy) is 1. The van der Waals surface area contributed by atoms with E-state index in [0.29, 0.717) is 18.1 Å². The number of hydrogen-bond acceptors (Lipinski definition) is 4. The van der Waals surface area contributed by atoms with Crippen molar-refractivity contribution in [3.05, 3.63) is 58.6 Å². The van der Waals surface area contributed by atoms with Gasteiger partial charge in [-0.05, 0) is 55.0 Å². The molecule has 0 spiro atoms. The highest BCUT2D eigenvalue weighted by Gasteiger charge is 2.18. The van der Waals surface area contributed by atoms with Gasteiger partial charge in [0.1, 0.15) is 12.4 Å². The molecule has 2 aromatic rings. The molecule has 1 heterocycles. The van der Waals surface area contributed by atoms with Crippen molar-refractivity contribution in [2.45, 2.75) is 12.5 Å². The smallest absolute Gasteiger partial charge is 0.119 e. The van der Waals surface area contributed by atoms with Gasteiger partial charge in [0.05, 0.1) is 6.10 Å². The molecule has 0 radical (unpaired) electrons. The van der Waals surface area contributed by atoms with Crippen LogP contribution in [0.15, 0.2) is 48.5 Å². The molecule has 2 aromatic carbocycles. The van der Waals surface area contributed by atoms with E-state index in [2.05, 4.69) is 21.9 Å². The molecule has 1 fully saturated rings. The SMILES string of the molecule is OC(CCN1CCN(c2ccc(Cl)cc2)CC1)COc1ccc(Cl)cc1. The lowest BCUT2D eigenvalue weighted by molar-refractivity contribution is 0.0866. The zero-order valence-electron chi connectivity index (χ0n) is 14.7. The van der Waals surface area contributed by atoms with E-state index in [9.17, 15) is 5.11 Å². The third-order valence-corrected chi connectivity index (χ3v) is 5.10. The summed E-state index contributed by atoms with van der Waals surface area (Å²) in [5, 5.41) is 11.6. The molecule has 3 rings (SSSR count). The minimum atomic E-state index is -0.472. The molecule has 4 nitrogen and oxygen atoms in total. The van der Waals surface area contributed by atoms with E-state index >= 15 is 0 Å².